The van der Waals surface area contributed by atoms with E-state index >= 15 is 0 Å². The maximum Gasteiger partial charge on any atom is 0.254 e. The van der Waals surface area contributed by atoms with E-state index in [4.69, 9.17) is 4.74 Å². The van der Waals surface area contributed by atoms with Gasteiger partial charge in [-0.1, -0.05) is 12.1 Å². The van der Waals surface area contributed by atoms with Gasteiger partial charge >= 0.3 is 0 Å². The molecule has 1 amide bonds. The van der Waals surface area contributed by atoms with Crippen molar-refractivity contribution < 1.29 is 9.53 Å². The van der Waals surface area contributed by atoms with Crippen molar-refractivity contribution in [2.24, 2.45) is 0 Å². The van der Waals surface area contributed by atoms with E-state index < -0.39 is 0 Å². The number of ether oxygens (including phenoxy) is 1. The molecular weight excluding hydrogens is 410 g/mol. The lowest BCUT2D eigenvalue weighted by Gasteiger charge is -2.34. The summed E-state index contributed by atoms with van der Waals surface area (Å²) in [7, 11) is 0. The van der Waals surface area contributed by atoms with Crippen molar-refractivity contribution in [3.05, 3.63) is 77.2 Å². The summed E-state index contributed by atoms with van der Waals surface area (Å²) in [5.41, 5.74) is 3.56. The molecule has 1 saturated heterocycles. The molecular formula is C23H23N5O2S. The van der Waals surface area contributed by atoms with Crippen LogP contribution in [-0.4, -0.2) is 51.4 Å². The Kier molecular flexibility index (Phi) is 5.30. The van der Waals surface area contributed by atoms with Gasteiger partial charge in [-0.15, -0.1) is 11.3 Å². The molecule has 3 aromatic heterocycles. The van der Waals surface area contributed by atoms with Crippen LogP contribution in [0, 0.1) is 6.92 Å². The van der Waals surface area contributed by atoms with E-state index in [0.29, 0.717) is 31.0 Å². The minimum absolute atomic E-state index is 0.0347. The number of benzene rings is 1. The lowest BCUT2D eigenvalue weighted by Crippen LogP contribution is -2.48. The lowest BCUT2D eigenvalue weighted by molar-refractivity contribution is 0.0746. The van der Waals surface area contributed by atoms with Gasteiger partial charge < -0.3 is 18.9 Å². The predicted octanol–water partition coefficient (Wildman–Crippen LogP) is 3.64. The van der Waals surface area contributed by atoms with Crippen LogP contribution in [0.1, 0.15) is 21.6 Å². The number of rotatable bonds is 5. The van der Waals surface area contributed by atoms with Crippen LogP contribution in [0.5, 0.6) is 5.75 Å². The smallest absolute Gasteiger partial charge is 0.254 e. The van der Waals surface area contributed by atoms with Gasteiger partial charge in [0.1, 0.15) is 18.0 Å². The number of aromatic nitrogens is 3. The second kappa shape index (κ2) is 8.39. The van der Waals surface area contributed by atoms with Crippen LogP contribution in [0.2, 0.25) is 0 Å². The highest BCUT2D eigenvalue weighted by atomic mass is 32.1. The molecule has 0 spiro atoms. The summed E-state index contributed by atoms with van der Waals surface area (Å²) >= 11 is 1.63. The molecule has 0 bridgehead atoms. The number of anilines is 1. The Balaban J connectivity index is 1.21. The van der Waals surface area contributed by atoms with Gasteiger partial charge in [-0.25, -0.2) is 9.97 Å². The maximum atomic E-state index is 13.0. The molecule has 8 heteroatoms. The molecule has 0 saturated carbocycles. The largest absolute Gasteiger partial charge is 0.487 e. The van der Waals surface area contributed by atoms with Crippen molar-refractivity contribution >= 4 is 28.0 Å². The monoisotopic (exact) mass is 433 g/mol. The number of pyridine rings is 1. The number of hydrogen-bond acceptors (Lipinski definition) is 6. The quantitative estimate of drug-likeness (QED) is 0.481. The number of carbonyl (C=O) groups is 1. The minimum atomic E-state index is 0.0347. The third kappa shape index (κ3) is 4.25. The average Bonchev–Trinajstić information content (AvgIpc) is 3.47. The van der Waals surface area contributed by atoms with Gasteiger partial charge in [-0.3, -0.25) is 4.79 Å². The first-order valence-corrected chi connectivity index (χ1v) is 11.1. The van der Waals surface area contributed by atoms with E-state index in [1.807, 2.05) is 69.7 Å². The SMILES string of the molecule is Cc1ccc2nc(COc3cccc(C(=O)N4CCN(c5nccs5)CC4)c3)cn2c1. The zero-order valence-electron chi connectivity index (χ0n) is 17.3. The molecule has 1 aliphatic heterocycles. The van der Waals surface area contributed by atoms with E-state index in [1.165, 1.54) is 5.56 Å². The fourth-order valence-electron chi connectivity index (χ4n) is 3.76. The van der Waals surface area contributed by atoms with Gasteiger partial charge in [0.15, 0.2) is 5.13 Å². The number of carbonyl (C=O) groups excluding carboxylic acids is 1. The van der Waals surface area contributed by atoms with E-state index in [1.54, 1.807) is 11.3 Å². The number of fused-ring (bicyclic) bond motifs is 1. The van der Waals surface area contributed by atoms with Crippen molar-refractivity contribution in [3.63, 3.8) is 0 Å². The third-order valence-corrected chi connectivity index (χ3v) is 6.21. The number of nitrogens with zero attached hydrogens (tertiary/aromatic N) is 5. The van der Waals surface area contributed by atoms with Crippen molar-refractivity contribution in [3.8, 4) is 5.75 Å². The van der Waals surface area contributed by atoms with Crippen LogP contribution >= 0.6 is 11.3 Å². The summed E-state index contributed by atoms with van der Waals surface area (Å²) in [5, 5.41) is 3.00. The number of hydrogen-bond donors (Lipinski definition) is 0. The molecule has 1 aliphatic rings. The summed E-state index contributed by atoms with van der Waals surface area (Å²) < 4.78 is 7.93. The predicted molar refractivity (Wildman–Crippen MR) is 121 cm³/mol. The van der Waals surface area contributed by atoms with Crippen LogP contribution in [0.4, 0.5) is 5.13 Å². The van der Waals surface area contributed by atoms with Crippen molar-refractivity contribution in [1.29, 1.82) is 0 Å². The molecule has 4 aromatic rings. The molecule has 158 valence electrons. The standard InChI is InChI=1S/C23H23N5O2S/c1-17-5-6-21-25-19(15-28(21)14-17)16-30-20-4-2-3-18(13-20)22(29)26-8-10-27(11-9-26)23-24-7-12-31-23/h2-7,12-15H,8-11,16H2,1H3. The second-order valence-electron chi connectivity index (χ2n) is 7.61. The summed E-state index contributed by atoms with van der Waals surface area (Å²) in [6, 6.07) is 11.4. The van der Waals surface area contributed by atoms with Crippen molar-refractivity contribution in [2.45, 2.75) is 13.5 Å². The maximum absolute atomic E-state index is 13.0. The van der Waals surface area contributed by atoms with Crippen molar-refractivity contribution in [1.82, 2.24) is 19.3 Å². The Morgan fingerprint density at radius 3 is 2.81 bits per heavy atom. The van der Waals surface area contributed by atoms with E-state index in [2.05, 4.69) is 21.8 Å². The first kappa shape index (κ1) is 19.6. The summed E-state index contributed by atoms with van der Waals surface area (Å²) in [5.74, 6) is 0.702. The van der Waals surface area contributed by atoms with Crippen LogP contribution in [-0.2, 0) is 6.61 Å². The Bertz CT molecular complexity index is 1200. The first-order valence-electron chi connectivity index (χ1n) is 10.3. The van der Waals surface area contributed by atoms with Gasteiger partial charge in [0.2, 0.25) is 0 Å². The fraction of sp³-hybridized carbons (Fsp3) is 0.261. The van der Waals surface area contributed by atoms with E-state index in [0.717, 1.165) is 29.6 Å². The number of amides is 1. The molecule has 4 heterocycles. The van der Waals surface area contributed by atoms with Gasteiger partial charge in [0.25, 0.3) is 5.91 Å². The van der Waals surface area contributed by atoms with Crippen LogP contribution in [0.15, 0.2) is 60.4 Å². The highest BCUT2D eigenvalue weighted by molar-refractivity contribution is 7.13. The Morgan fingerprint density at radius 1 is 1.13 bits per heavy atom. The van der Waals surface area contributed by atoms with Crippen LogP contribution < -0.4 is 9.64 Å². The molecule has 0 N–H and O–H groups in total. The van der Waals surface area contributed by atoms with E-state index in [9.17, 15) is 4.79 Å². The highest BCUT2D eigenvalue weighted by Crippen LogP contribution is 2.21. The van der Waals surface area contributed by atoms with Crippen molar-refractivity contribution in [2.75, 3.05) is 31.1 Å². The molecule has 0 radical (unpaired) electrons. The van der Waals surface area contributed by atoms with Gasteiger partial charge in [0, 0.05) is 55.7 Å². The third-order valence-electron chi connectivity index (χ3n) is 5.37. The highest BCUT2D eigenvalue weighted by Gasteiger charge is 2.23. The van der Waals surface area contributed by atoms with E-state index in [-0.39, 0.29) is 5.91 Å². The zero-order valence-corrected chi connectivity index (χ0v) is 18.1. The topological polar surface area (TPSA) is 63.0 Å². The Labute approximate surface area is 184 Å². The molecule has 31 heavy (non-hydrogen) atoms. The molecule has 5 rings (SSSR count). The average molecular weight is 434 g/mol. The number of aryl methyl sites for hydroxylation is 1. The Hall–Kier alpha value is -3.39. The zero-order chi connectivity index (χ0) is 21.2. The second-order valence-corrected chi connectivity index (χ2v) is 8.49. The number of thiazole rings is 1. The van der Waals surface area contributed by atoms with Crippen LogP contribution in [0.25, 0.3) is 5.65 Å². The lowest BCUT2D eigenvalue weighted by atomic mass is 10.1. The molecule has 1 fully saturated rings. The molecule has 0 aliphatic carbocycles. The summed E-state index contributed by atoms with van der Waals surface area (Å²) in [6.07, 6.45) is 5.83. The molecule has 0 unspecified atom stereocenters. The number of piperazine rings is 1. The first-order chi connectivity index (χ1) is 15.2. The molecule has 1 aromatic carbocycles. The number of imidazole rings is 1. The normalized spacial score (nSPS) is 14.2. The van der Waals surface area contributed by atoms with Gasteiger partial charge in [0.05, 0.1) is 5.69 Å². The molecule has 0 atom stereocenters. The molecule has 7 nitrogen and oxygen atoms in total. The minimum Gasteiger partial charge on any atom is -0.487 e. The summed E-state index contributed by atoms with van der Waals surface area (Å²) in [6.45, 7) is 5.36. The van der Waals surface area contributed by atoms with Gasteiger partial charge in [-0.2, -0.15) is 0 Å². The Morgan fingerprint density at radius 2 is 2.00 bits per heavy atom. The van der Waals surface area contributed by atoms with Crippen LogP contribution in [0.3, 0.4) is 0 Å². The van der Waals surface area contributed by atoms with Gasteiger partial charge in [-0.05, 0) is 36.8 Å². The fourth-order valence-corrected chi connectivity index (χ4v) is 4.45. The summed E-state index contributed by atoms with van der Waals surface area (Å²) in [4.78, 5) is 26.1.